The van der Waals surface area contributed by atoms with E-state index in [1.165, 1.54) is 6.07 Å². The van der Waals surface area contributed by atoms with Gasteiger partial charge in [0.1, 0.15) is 5.75 Å². The van der Waals surface area contributed by atoms with Crippen molar-refractivity contribution in [1.29, 1.82) is 0 Å². The summed E-state index contributed by atoms with van der Waals surface area (Å²) in [7, 11) is 0. The van der Waals surface area contributed by atoms with E-state index in [1.54, 1.807) is 42.5 Å². The van der Waals surface area contributed by atoms with Crippen LogP contribution in [0.5, 0.6) is 5.75 Å². The highest BCUT2D eigenvalue weighted by molar-refractivity contribution is 7.80. The summed E-state index contributed by atoms with van der Waals surface area (Å²) in [5, 5.41) is 12.3. The number of phenols is 1. The first kappa shape index (κ1) is 14.0. The third-order valence-electron chi connectivity index (χ3n) is 2.75. The second-order valence-electron chi connectivity index (χ2n) is 4.31. The molecular formula is C15H14N2O2S. The van der Waals surface area contributed by atoms with E-state index in [2.05, 4.69) is 5.32 Å². The Kier molecular flexibility index (Phi) is 4.32. The number of benzene rings is 2. The molecule has 0 saturated carbocycles. The van der Waals surface area contributed by atoms with Gasteiger partial charge in [-0.3, -0.25) is 4.79 Å². The highest BCUT2D eigenvalue weighted by atomic mass is 32.1. The third-order valence-corrected chi connectivity index (χ3v) is 2.89. The number of para-hydroxylation sites is 2. The van der Waals surface area contributed by atoms with E-state index in [4.69, 9.17) is 18.0 Å². The zero-order valence-electron chi connectivity index (χ0n) is 10.7. The van der Waals surface area contributed by atoms with E-state index < -0.39 is 0 Å². The fourth-order valence-electron chi connectivity index (χ4n) is 1.75. The van der Waals surface area contributed by atoms with E-state index in [0.717, 1.165) is 5.56 Å². The Bertz CT molecular complexity index is 639. The fourth-order valence-corrected chi connectivity index (χ4v) is 1.92. The van der Waals surface area contributed by atoms with Crippen molar-refractivity contribution in [3.05, 3.63) is 59.7 Å². The molecule has 0 saturated heterocycles. The van der Waals surface area contributed by atoms with Gasteiger partial charge in [0.2, 0.25) is 0 Å². The Morgan fingerprint density at radius 1 is 1.15 bits per heavy atom. The molecule has 0 atom stereocenters. The minimum absolute atomic E-state index is 0.0333. The van der Waals surface area contributed by atoms with E-state index in [1.807, 2.05) is 0 Å². The van der Waals surface area contributed by atoms with Crippen LogP contribution in [0.3, 0.4) is 0 Å². The summed E-state index contributed by atoms with van der Waals surface area (Å²) in [5.41, 5.74) is 7.30. The lowest BCUT2D eigenvalue weighted by Crippen LogP contribution is -2.13. The molecule has 0 aromatic heterocycles. The maximum atomic E-state index is 12.0. The molecule has 0 spiro atoms. The number of hydrogen-bond acceptors (Lipinski definition) is 3. The van der Waals surface area contributed by atoms with Crippen LogP contribution in [0.4, 0.5) is 5.69 Å². The van der Waals surface area contributed by atoms with Crippen molar-refractivity contribution in [2.24, 2.45) is 5.73 Å². The molecule has 0 aliphatic heterocycles. The number of nitrogens with two attached hydrogens (primary N) is 1. The number of carbonyl (C=O) groups excluding carboxylic acids is 1. The number of amides is 1. The van der Waals surface area contributed by atoms with Crippen molar-refractivity contribution >= 4 is 28.8 Å². The molecule has 0 heterocycles. The van der Waals surface area contributed by atoms with E-state index in [-0.39, 0.29) is 11.7 Å². The molecular weight excluding hydrogens is 272 g/mol. The lowest BCUT2D eigenvalue weighted by molar-refractivity contribution is 0.102. The van der Waals surface area contributed by atoms with Gasteiger partial charge in [0.15, 0.2) is 0 Å². The molecule has 0 aliphatic rings. The highest BCUT2D eigenvalue weighted by Gasteiger charge is 2.08. The number of carbonyl (C=O) groups is 1. The summed E-state index contributed by atoms with van der Waals surface area (Å²) in [6.07, 6.45) is 0.511. The quantitative estimate of drug-likeness (QED) is 0.596. The molecule has 0 bridgehead atoms. The molecule has 2 aromatic carbocycles. The second-order valence-corrected chi connectivity index (χ2v) is 4.84. The topological polar surface area (TPSA) is 75.4 Å². The molecule has 0 radical (unpaired) electrons. The standard InChI is InChI=1S/C15H14N2O2S/c16-14(20)9-10-5-7-11(8-6-10)15(19)17-12-3-1-2-4-13(12)18/h1-8,18H,9H2,(H2,16,20)(H,17,19). The summed E-state index contributed by atoms with van der Waals surface area (Å²) in [5.74, 6) is -0.251. The zero-order chi connectivity index (χ0) is 14.5. The molecule has 102 valence electrons. The molecule has 2 aromatic rings. The smallest absolute Gasteiger partial charge is 0.255 e. The van der Waals surface area contributed by atoms with E-state index >= 15 is 0 Å². The zero-order valence-corrected chi connectivity index (χ0v) is 11.5. The Labute approximate surface area is 122 Å². The average molecular weight is 286 g/mol. The van der Waals surface area contributed by atoms with Gasteiger partial charge in [0, 0.05) is 12.0 Å². The number of anilines is 1. The van der Waals surface area contributed by atoms with Gasteiger partial charge >= 0.3 is 0 Å². The fraction of sp³-hybridized carbons (Fsp3) is 0.0667. The Balaban J connectivity index is 2.10. The Hall–Kier alpha value is -2.40. The second kappa shape index (κ2) is 6.16. The van der Waals surface area contributed by atoms with Gasteiger partial charge in [-0.25, -0.2) is 0 Å². The van der Waals surface area contributed by atoms with Crippen molar-refractivity contribution < 1.29 is 9.90 Å². The Morgan fingerprint density at radius 2 is 1.80 bits per heavy atom. The molecule has 20 heavy (non-hydrogen) atoms. The van der Waals surface area contributed by atoms with Gasteiger partial charge in [-0.1, -0.05) is 36.5 Å². The van der Waals surface area contributed by atoms with Crippen LogP contribution in [0, 0.1) is 0 Å². The van der Waals surface area contributed by atoms with Crippen LogP contribution in [0.15, 0.2) is 48.5 Å². The summed E-state index contributed by atoms with van der Waals surface area (Å²) in [6.45, 7) is 0. The minimum atomic E-state index is -0.284. The van der Waals surface area contributed by atoms with Gasteiger partial charge < -0.3 is 16.2 Å². The average Bonchev–Trinajstić information content (AvgIpc) is 2.41. The molecule has 4 nitrogen and oxygen atoms in total. The Morgan fingerprint density at radius 3 is 2.40 bits per heavy atom. The molecule has 0 fully saturated rings. The molecule has 2 rings (SSSR count). The normalized spacial score (nSPS) is 10.0. The highest BCUT2D eigenvalue weighted by Crippen LogP contribution is 2.22. The van der Waals surface area contributed by atoms with Crippen LogP contribution < -0.4 is 11.1 Å². The molecule has 4 N–H and O–H groups in total. The van der Waals surface area contributed by atoms with E-state index in [0.29, 0.717) is 22.7 Å². The molecule has 0 aliphatic carbocycles. The largest absolute Gasteiger partial charge is 0.506 e. The van der Waals surface area contributed by atoms with Crippen molar-refractivity contribution in [1.82, 2.24) is 0 Å². The SMILES string of the molecule is NC(=S)Cc1ccc(C(=O)Nc2ccccc2O)cc1. The predicted molar refractivity (Wildman–Crippen MR) is 83.0 cm³/mol. The van der Waals surface area contributed by atoms with Crippen LogP contribution in [-0.4, -0.2) is 16.0 Å². The predicted octanol–water partition coefficient (Wildman–Crippen LogP) is 2.47. The molecule has 5 heteroatoms. The minimum Gasteiger partial charge on any atom is -0.506 e. The van der Waals surface area contributed by atoms with Crippen LogP contribution in [0.25, 0.3) is 0 Å². The van der Waals surface area contributed by atoms with Gasteiger partial charge in [-0.2, -0.15) is 0 Å². The summed E-state index contributed by atoms with van der Waals surface area (Å²) < 4.78 is 0. The van der Waals surface area contributed by atoms with E-state index in [9.17, 15) is 9.90 Å². The first-order chi connectivity index (χ1) is 9.56. The first-order valence-electron chi connectivity index (χ1n) is 6.03. The van der Waals surface area contributed by atoms with Crippen LogP contribution in [-0.2, 0) is 6.42 Å². The van der Waals surface area contributed by atoms with Crippen molar-refractivity contribution in [3.63, 3.8) is 0 Å². The third kappa shape index (κ3) is 3.55. The summed E-state index contributed by atoms with van der Waals surface area (Å²) >= 11 is 4.83. The maximum Gasteiger partial charge on any atom is 0.255 e. The van der Waals surface area contributed by atoms with Gasteiger partial charge in [-0.05, 0) is 29.8 Å². The van der Waals surface area contributed by atoms with Crippen LogP contribution >= 0.6 is 12.2 Å². The summed E-state index contributed by atoms with van der Waals surface area (Å²) in [6, 6.07) is 13.6. The summed E-state index contributed by atoms with van der Waals surface area (Å²) in [4.78, 5) is 12.4. The van der Waals surface area contributed by atoms with Gasteiger partial charge in [-0.15, -0.1) is 0 Å². The number of thiocarbonyl (C=S) groups is 1. The maximum absolute atomic E-state index is 12.0. The monoisotopic (exact) mass is 286 g/mol. The molecule has 0 unspecified atom stereocenters. The number of hydrogen-bond donors (Lipinski definition) is 3. The van der Waals surface area contributed by atoms with Crippen molar-refractivity contribution in [2.75, 3.05) is 5.32 Å². The lowest BCUT2D eigenvalue weighted by Gasteiger charge is -2.07. The molecule has 1 amide bonds. The number of rotatable bonds is 4. The van der Waals surface area contributed by atoms with Crippen molar-refractivity contribution in [3.8, 4) is 5.75 Å². The number of phenolic OH excluding ortho intramolecular Hbond substituents is 1. The lowest BCUT2D eigenvalue weighted by atomic mass is 10.1. The van der Waals surface area contributed by atoms with Crippen molar-refractivity contribution in [2.45, 2.75) is 6.42 Å². The number of nitrogens with one attached hydrogen (secondary N) is 1. The van der Waals surface area contributed by atoms with Gasteiger partial charge in [0.25, 0.3) is 5.91 Å². The first-order valence-corrected chi connectivity index (χ1v) is 6.43. The van der Waals surface area contributed by atoms with Gasteiger partial charge in [0.05, 0.1) is 10.7 Å². The van der Waals surface area contributed by atoms with Crippen LogP contribution in [0.2, 0.25) is 0 Å². The number of aromatic hydroxyl groups is 1. The van der Waals surface area contributed by atoms with Crippen LogP contribution in [0.1, 0.15) is 15.9 Å².